The summed E-state index contributed by atoms with van der Waals surface area (Å²) < 4.78 is 37.3. The van der Waals surface area contributed by atoms with Gasteiger partial charge in [-0.3, -0.25) is 0 Å². The summed E-state index contributed by atoms with van der Waals surface area (Å²) in [5, 5.41) is 0. The molecule has 0 bridgehead atoms. The van der Waals surface area contributed by atoms with Gasteiger partial charge in [-0.2, -0.15) is 0 Å². The lowest BCUT2D eigenvalue weighted by Gasteiger charge is -2.46. The zero-order chi connectivity index (χ0) is 43.5. The van der Waals surface area contributed by atoms with Crippen molar-refractivity contribution in [2.24, 2.45) is 0 Å². The lowest BCUT2D eigenvalue weighted by atomic mass is 9.66. The number of rotatable bonds is 16. The van der Waals surface area contributed by atoms with Crippen molar-refractivity contribution in [3.05, 3.63) is 192 Å². The Kier molecular flexibility index (Phi) is 13.6. The second-order valence-corrected chi connectivity index (χ2v) is 24.4. The van der Waals surface area contributed by atoms with Gasteiger partial charge in [-0.25, -0.2) is 0 Å². The third-order valence-corrected chi connectivity index (χ3v) is 20.1. The van der Waals surface area contributed by atoms with E-state index in [0.29, 0.717) is 16.6 Å². The highest BCUT2D eigenvalue weighted by atomic mass is 28.4. The second kappa shape index (κ2) is 18.4. The molecular weight excluding hydrogens is 766 g/mol. The van der Waals surface area contributed by atoms with Crippen molar-refractivity contribution in [2.45, 2.75) is 133 Å². The average molecular weight is 833 g/mol. The Balaban J connectivity index is 1.50. The molecule has 0 aromatic heterocycles. The molecule has 0 unspecified atom stereocenters. The quantitative estimate of drug-likeness (QED) is 0.0927. The summed E-state index contributed by atoms with van der Waals surface area (Å²) in [7, 11) is -3.83. The Morgan fingerprint density at radius 3 is 1.20 bits per heavy atom. The molecule has 2 aliphatic heterocycles. The molecule has 2 atom stereocenters. The first kappa shape index (κ1) is 45.0. The number of aryl methyl sites for hydroxylation is 1. The van der Waals surface area contributed by atoms with Crippen molar-refractivity contribution >= 4 is 22.6 Å². The smallest absolute Gasteiger partial charge is 0.413 e. The SMILES string of the molecule is CC(C)[Si](O[C@@H](CCc1ccccc1)[C@@H](/C=C/B1OC(C)(C)C(C)(C)O1)B1OC(c2ccccc2)(c2ccccc2)C(c2ccccc2)(c2ccccc2)O1)(C(C)C)C(C)C. The van der Waals surface area contributed by atoms with Gasteiger partial charge in [0.25, 0.3) is 0 Å². The van der Waals surface area contributed by atoms with Crippen LogP contribution in [-0.4, -0.2) is 39.9 Å². The Hall–Kier alpha value is -4.01. The highest BCUT2D eigenvalue weighted by Gasteiger charge is 2.67. The predicted octanol–water partition coefficient (Wildman–Crippen LogP) is 13.2. The van der Waals surface area contributed by atoms with E-state index >= 15 is 0 Å². The minimum Gasteiger partial charge on any atom is -0.413 e. The van der Waals surface area contributed by atoms with E-state index < -0.39 is 45.0 Å². The van der Waals surface area contributed by atoms with E-state index in [-0.39, 0.29) is 11.9 Å². The van der Waals surface area contributed by atoms with Crippen molar-refractivity contribution in [1.29, 1.82) is 0 Å². The van der Waals surface area contributed by atoms with Crippen LogP contribution in [0.25, 0.3) is 0 Å². The maximum Gasteiger partial charge on any atom is 0.486 e. The molecule has 0 N–H and O–H groups in total. The molecule has 2 aliphatic rings. The largest absolute Gasteiger partial charge is 0.486 e. The number of benzene rings is 5. The fourth-order valence-electron chi connectivity index (χ4n) is 10.3. The Morgan fingerprint density at radius 2 is 0.852 bits per heavy atom. The fraction of sp³-hybridized carbons (Fsp3) is 0.396. The van der Waals surface area contributed by atoms with Gasteiger partial charge >= 0.3 is 14.2 Å². The summed E-state index contributed by atoms with van der Waals surface area (Å²) in [5.74, 6) is 1.71. The average Bonchev–Trinajstić information content (AvgIpc) is 3.73. The van der Waals surface area contributed by atoms with Gasteiger partial charge in [0.05, 0.1) is 17.3 Å². The maximum atomic E-state index is 8.02. The first-order chi connectivity index (χ1) is 29.2. The molecule has 5 nitrogen and oxygen atoms in total. The lowest BCUT2D eigenvalue weighted by molar-refractivity contribution is 0.00370. The van der Waals surface area contributed by atoms with Crippen molar-refractivity contribution in [1.82, 2.24) is 0 Å². The van der Waals surface area contributed by atoms with Crippen LogP contribution >= 0.6 is 0 Å². The van der Waals surface area contributed by atoms with Gasteiger partial charge < -0.3 is 23.0 Å². The molecule has 318 valence electrons. The third kappa shape index (κ3) is 8.45. The Morgan fingerprint density at radius 1 is 0.508 bits per heavy atom. The molecular formula is C53H66B2O5Si. The highest BCUT2D eigenvalue weighted by Crippen LogP contribution is 2.61. The molecule has 5 aromatic rings. The van der Waals surface area contributed by atoms with E-state index in [0.717, 1.165) is 35.1 Å². The summed E-state index contributed by atoms with van der Waals surface area (Å²) in [4.78, 5) is 0. The van der Waals surface area contributed by atoms with Gasteiger partial charge in [0.1, 0.15) is 11.2 Å². The van der Waals surface area contributed by atoms with Crippen LogP contribution in [-0.2, 0) is 40.7 Å². The van der Waals surface area contributed by atoms with Gasteiger partial charge in [-0.1, -0.05) is 205 Å². The molecule has 2 saturated heterocycles. The van der Waals surface area contributed by atoms with E-state index in [4.69, 9.17) is 23.0 Å². The van der Waals surface area contributed by atoms with Crippen LogP contribution in [0.1, 0.15) is 103 Å². The van der Waals surface area contributed by atoms with Crippen molar-refractivity contribution in [3.8, 4) is 0 Å². The second-order valence-electron chi connectivity index (χ2n) is 19.0. The molecule has 5 aromatic carbocycles. The topological polar surface area (TPSA) is 46.2 Å². The van der Waals surface area contributed by atoms with Crippen LogP contribution < -0.4 is 0 Å². The molecule has 0 aliphatic carbocycles. The van der Waals surface area contributed by atoms with Crippen LogP contribution in [0, 0.1) is 0 Å². The Bertz CT molecular complexity index is 1960. The van der Waals surface area contributed by atoms with Crippen LogP contribution in [0.3, 0.4) is 0 Å². The van der Waals surface area contributed by atoms with E-state index in [2.05, 4.69) is 233 Å². The van der Waals surface area contributed by atoms with Gasteiger partial charge in [-0.15, -0.1) is 0 Å². The standard InChI is InChI=1S/C53H66B2O5Si/c1-40(2)61(41(3)4,42(5)6)56-49(37-36-43-26-16-11-17-27-43)48(38-39-54-57-50(7,8)51(9,10)58-54)55-59-52(44-28-18-12-19-29-44,45-30-20-13-21-31-45)53(60-55,46-32-22-14-23-33-46)47-34-24-15-25-35-47/h11-35,38-42,48-49H,36-37H2,1-10H3/b39-38+/t48-,49+/m1/s1. The molecule has 7 rings (SSSR count). The zero-order valence-corrected chi connectivity index (χ0v) is 39.1. The lowest BCUT2D eigenvalue weighted by Crippen LogP contribution is -2.52. The van der Waals surface area contributed by atoms with E-state index in [1.54, 1.807) is 0 Å². The molecule has 61 heavy (non-hydrogen) atoms. The third-order valence-electron chi connectivity index (χ3n) is 13.9. The van der Waals surface area contributed by atoms with E-state index in [1.807, 2.05) is 0 Å². The van der Waals surface area contributed by atoms with E-state index in [9.17, 15) is 0 Å². The first-order valence-corrected chi connectivity index (χ1v) is 24.7. The molecule has 8 heteroatoms. The normalized spacial score (nSPS) is 19.3. The summed E-state index contributed by atoms with van der Waals surface area (Å²) >= 11 is 0. The summed E-state index contributed by atoms with van der Waals surface area (Å²) in [6.45, 7) is 22.6. The molecule has 0 saturated carbocycles. The molecule has 2 fully saturated rings. The predicted molar refractivity (Wildman–Crippen MR) is 255 cm³/mol. The number of hydrogen-bond acceptors (Lipinski definition) is 5. The minimum atomic E-state index is -2.48. The number of hydrogen-bond donors (Lipinski definition) is 0. The molecule has 2 heterocycles. The monoisotopic (exact) mass is 832 g/mol. The van der Waals surface area contributed by atoms with Gasteiger partial charge in [0.15, 0.2) is 0 Å². The summed E-state index contributed by atoms with van der Waals surface area (Å²) in [5.41, 5.74) is 3.12. The van der Waals surface area contributed by atoms with Crippen molar-refractivity contribution < 1.29 is 23.0 Å². The summed E-state index contributed by atoms with van der Waals surface area (Å²) in [6, 6.07) is 53.4. The van der Waals surface area contributed by atoms with Crippen LogP contribution in [0.5, 0.6) is 0 Å². The summed E-state index contributed by atoms with van der Waals surface area (Å²) in [6.07, 6.45) is 3.56. The minimum absolute atomic E-state index is 0.283. The maximum absolute atomic E-state index is 8.02. The van der Waals surface area contributed by atoms with Gasteiger partial charge in [-0.05, 0) is 85.0 Å². The van der Waals surface area contributed by atoms with Crippen LogP contribution in [0.4, 0.5) is 0 Å². The molecule has 0 radical (unpaired) electrons. The van der Waals surface area contributed by atoms with Crippen molar-refractivity contribution in [2.75, 3.05) is 0 Å². The van der Waals surface area contributed by atoms with Crippen LogP contribution in [0.2, 0.25) is 22.4 Å². The zero-order valence-electron chi connectivity index (χ0n) is 38.1. The highest BCUT2D eigenvalue weighted by molar-refractivity contribution is 6.77. The first-order valence-electron chi connectivity index (χ1n) is 22.5. The molecule has 0 amide bonds. The van der Waals surface area contributed by atoms with E-state index in [1.165, 1.54) is 5.56 Å². The van der Waals surface area contributed by atoms with Gasteiger partial charge in [0, 0.05) is 5.82 Å². The van der Waals surface area contributed by atoms with Crippen LogP contribution in [0.15, 0.2) is 164 Å². The van der Waals surface area contributed by atoms with Gasteiger partial charge in [0.2, 0.25) is 8.32 Å². The Labute approximate surface area is 368 Å². The fourth-order valence-corrected chi connectivity index (χ4v) is 16.0. The molecule has 0 spiro atoms. The van der Waals surface area contributed by atoms with Crippen molar-refractivity contribution in [3.63, 3.8) is 0 Å².